The number of likely N-dealkylation sites (tertiary alicyclic amines) is 1. The molecule has 5 rings (SSSR count). The summed E-state index contributed by atoms with van der Waals surface area (Å²) in [5.74, 6) is -0.333. The van der Waals surface area contributed by atoms with Crippen LogP contribution in [0.1, 0.15) is 49.8 Å². The number of amides is 2. The molecule has 11 heteroatoms. The van der Waals surface area contributed by atoms with Crippen molar-refractivity contribution in [2.24, 2.45) is 5.41 Å². The molecule has 10 nitrogen and oxygen atoms in total. The maximum atomic E-state index is 14.3. The summed E-state index contributed by atoms with van der Waals surface area (Å²) in [4.78, 5) is 41.9. The number of hydrogen-bond acceptors (Lipinski definition) is 7. The van der Waals surface area contributed by atoms with E-state index >= 15 is 0 Å². The summed E-state index contributed by atoms with van der Waals surface area (Å²) in [5.41, 5.74) is 0.805. The average molecular weight is 496 g/mol. The lowest BCUT2D eigenvalue weighted by molar-refractivity contribution is -0.00156. The zero-order valence-corrected chi connectivity index (χ0v) is 20.9. The number of pyridine rings is 1. The Labute approximate surface area is 208 Å². The molecule has 3 aromatic heterocycles. The highest BCUT2D eigenvalue weighted by molar-refractivity contribution is 6.02. The van der Waals surface area contributed by atoms with E-state index in [1.54, 1.807) is 30.4 Å². The van der Waals surface area contributed by atoms with Gasteiger partial charge in [0, 0.05) is 50.1 Å². The molecule has 0 unspecified atom stereocenters. The van der Waals surface area contributed by atoms with Crippen LogP contribution in [0.15, 0.2) is 30.9 Å². The van der Waals surface area contributed by atoms with Gasteiger partial charge in [-0.15, -0.1) is 0 Å². The fourth-order valence-electron chi connectivity index (χ4n) is 4.92. The van der Waals surface area contributed by atoms with Crippen LogP contribution >= 0.6 is 0 Å². The van der Waals surface area contributed by atoms with Crippen LogP contribution in [0.3, 0.4) is 0 Å². The highest BCUT2D eigenvalue weighted by atomic mass is 19.1. The number of hydrogen-bond donors (Lipinski definition) is 1. The average Bonchev–Trinajstić information content (AvgIpc) is 3.17. The first-order valence-corrected chi connectivity index (χ1v) is 12.0. The number of carbonyl (C=O) groups excluding carboxylic acids is 2. The van der Waals surface area contributed by atoms with E-state index < -0.39 is 17.3 Å². The number of aryl methyl sites for hydroxylation is 1. The molecular formula is C25H30FN7O3. The number of rotatable bonds is 3. The topological polar surface area (TPSA) is 105 Å². The van der Waals surface area contributed by atoms with Crippen LogP contribution in [-0.4, -0.2) is 68.0 Å². The zero-order chi connectivity index (χ0) is 25.7. The third-order valence-electron chi connectivity index (χ3n) is 6.45. The minimum absolute atomic E-state index is 0.0152. The van der Waals surface area contributed by atoms with E-state index in [4.69, 9.17) is 4.74 Å². The van der Waals surface area contributed by atoms with Crippen LogP contribution < -0.4 is 10.2 Å². The fourth-order valence-corrected chi connectivity index (χ4v) is 4.92. The molecule has 190 valence electrons. The summed E-state index contributed by atoms with van der Waals surface area (Å²) in [7, 11) is 0. The van der Waals surface area contributed by atoms with Crippen molar-refractivity contribution in [3.8, 4) is 0 Å². The molecule has 2 fully saturated rings. The summed E-state index contributed by atoms with van der Waals surface area (Å²) >= 11 is 0. The van der Waals surface area contributed by atoms with Crippen LogP contribution in [0, 0.1) is 18.2 Å². The first kappa shape index (κ1) is 24.0. The largest absolute Gasteiger partial charge is 0.444 e. The highest BCUT2D eigenvalue weighted by Crippen LogP contribution is 2.41. The molecule has 0 aliphatic carbocycles. The van der Waals surface area contributed by atoms with Crippen LogP contribution in [0.4, 0.5) is 20.7 Å². The molecule has 2 aliphatic heterocycles. The summed E-state index contributed by atoms with van der Waals surface area (Å²) < 4.78 is 21.4. The Morgan fingerprint density at radius 2 is 1.92 bits per heavy atom. The maximum Gasteiger partial charge on any atom is 0.410 e. The van der Waals surface area contributed by atoms with Gasteiger partial charge in [0.05, 0.1) is 23.8 Å². The Morgan fingerprint density at radius 1 is 1.14 bits per heavy atom. The van der Waals surface area contributed by atoms with Crippen molar-refractivity contribution < 1.29 is 18.7 Å². The van der Waals surface area contributed by atoms with Gasteiger partial charge in [0.15, 0.2) is 11.5 Å². The highest BCUT2D eigenvalue weighted by Gasteiger charge is 2.47. The van der Waals surface area contributed by atoms with Crippen molar-refractivity contribution in [1.29, 1.82) is 0 Å². The van der Waals surface area contributed by atoms with E-state index in [0.717, 1.165) is 25.9 Å². The van der Waals surface area contributed by atoms with Crippen molar-refractivity contribution in [2.45, 2.75) is 46.1 Å². The van der Waals surface area contributed by atoms with Gasteiger partial charge in [-0.05, 0) is 40.5 Å². The van der Waals surface area contributed by atoms with Gasteiger partial charge in [-0.1, -0.05) is 0 Å². The molecule has 0 radical (unpaired) electrons. The molecule has 2 aliphatic rings. The van der Waals surface area contributed by atoms with E-state index in [0.29, 0.717) is 30.3 Å². The fraction of sp³-hybridized carbons (Fsp3) is 0.480. The lowest BCUT2D eigenvalue weighted by Crippen LogP contribution is -2.64. The zero-order valence-electron chi connectivity index (χ0n) is 20.9. The number of aromatic nitrogens is 4. The van der Waals surface area contributed by atoms with E-state index in [1.165, 1.54) is 16.7 Å². The van der Waals surface area contributed by atoms with Crippen LogP contribution in [0.25, 0.3) is 5.65 Å². The molecule has 0 bridgehead atoms. The van der Waals surface area contributed by atoms with Crippen molar-refractivity contribution in [1.82, 2.24) is 24.3 Å². The minimum atomic E-state index is -0.526. The Hall–Kier alpha value is -3.76. The Balaban J connectivity index is 1.19. The van der Waals surface area contributed by atoms with Crippen LogP contribution in [0.2, 0.25) is 0 Å². The first-order valence-electron chi connectivity index (χ1n) is 12.0. The van der Waals surface area contributed by atoms with Gasteiger partial charge in [-0.25, -0.2) is 24.1 Å². The molecule has 0 atom stereocenters. The SMILES string of the molecule is Cc1cn2cc(NC(=O)c3cnc(N4CC5(CCCN(C(=O)OC(C)(C)C)C5)C4)cn3)cc(F)c2n1. The lowest BCUT2D eigenvalue weighted by atomic mass is 9.73. The third-order valence-corrected chi connectivity index (χ3v) is 6.45. The summed E-state index contributed by atoms with van der Waals surface area (Å²) in [6.07, 6.45) is 7.97. The minimum Gasteiger partial charge on any atom is -0.444 e. The Kier molecular flexibility index (Phi) is 5.80. The Bertz CT molecular complexity index is 1310. The molecule has 2 amide bonds. The van der Waals surface area contributed by atoms with Gasteiger partial charge in [0.25, 0.3) is 5.91 Å². The second-order valence-corrected chi connectivity index (χ2v) is 10.8. The number of nitrogens with one attached hydrogen (secondary N) is 1. The number of carbonyl (C=O) groups is 2. The third kappa shape index (κ3) is 4.82. The van der Waals surface area contributed by atoms with E-state index in [2.05, 4.69) is 25.2 Å². The Morgan fingerprint density at radius 3 is 2.61 bits per heavy atom. The number of halogens is 1. The van der Waals surface area contributed by atoms with Gasteiger partial charge in [0.1, 0.15) is 17.1 Å². The van der Waals surface area contributed by atoms with Gasteiger partial charge in [0.2, 0.25) is 0 Å². The van der Waals surface area contributed by atoms with Gasteiger partial charge < -0.3 is 24.3 Å². The normalized spacial score (nSPS) is 17.2. The number of nitrogens with zero attached hydrogens (tertiary/aromatic N) is 6. The van der Waals surface area contributed by atoms with E-state index in [9.17, 15) is 14.0 Å². The van der Waals surface area contributed by atoms with Gasteiger partial charge in [-0.3, -0.25) is 4.79 Å². The monoisotopic (exact) mass is 495 g/mol. The second-order valence-electron chi connectivity index (χ2n) is 10.8. The molecular weight excluding hydrogens is 465 g/mol. The number of anilines is 2. The molecule has 5 heterocycles. The van der Waals surface area contributed by atoms with Crippen LogP contribution in [0.5, 0.6) is 0 Å². The molecule has 1 spiro atoms. The number of ether oxygens (including phenoxy) is 1. The van der Waals surface area contributed by atoms with Gasteiger partial charge in [-0.2, -0.15) is 0 Å². The summed E-state index contributed by atoms with van der Waals surface area (Å²) in [5, 5.41) is 2.66. The molecule has 3 aromatic rings. The molecule has 1 N–H and O–H groups in total. The molecule has 2 saturated heterocycles. The molecule has 0 aromatic carbocycles. The van der Waals surface area contributed by atoms with E-state index in [1.807, 2.05) is 20.8 Å². The predicted octanol–water partition coefficient (Wildman–Crippen LogP) is 3.66. The lowest BCUT2D eigenvalue weighted by Gasteiger charge is -2.54. The van der Waals surface area contributed by atoms with Crippen molar-refractivity contribution in [3.63, 3.8) is 0 Å². The molecule has 36 heavy (non-hydrogen) atoms. The number of piperidine rings is 1. The predicted molar refractivity (Wildman–Crippen MR) is 132 cm³/mol. The van der Waals surface area contributed by atoms with E-state index in [-0.39, 0.29) is 22.8 Å². The van der Waals surface area contributed by atoms with Crippen molar-refractivity contribution in [3.05, 3.63) is 48.1 Å². The quantitative estimate of drug-likeness (QED) is 0.591. The summed E-state index contributed by atoms with van der Waals surface area (Å²) in [6.45, 7) is 10.3. The number of imidazole rings is 1. The standard InChI is InChI=1S/C25H30FN7O3/c1-16-11-32-12-17(8-18(26)21(32)29-16)30-22(34)19-9-28-20(10-27-19)33-14-25(15-33)6-5-7-31(13-25)23(35)36-24(2,3)4/h8-12H,5-7,13-15H2,1-4H3,(H,30,34). The van der Waals surface area contributed by atoms with Crippen molar-refractivity contribution >= 4 is 29.2 Å². The smallest absolute Gasteiger partial charge is 0.410 e. The number of fused-ring (bicyclic) bond motifs is 1. The van der Waals surface area contributed by atoms with Crippen LogP contribution in [-0.2, 0) is 4.74 Å². The van der Waals surface area contributed by atoms with Crippen molar-refractivity contribution in [2.75, 3.05) is 36.4 Å². The summed E-state index contributed by atoms with van der Waals surface area (Å²) in [6, 6.07) is 1.23. The first-order chi connectivity index (χ1) is 17.0. The maximum absolute atomic E-state index is 14.3. The van der Waals surface area contributed by atoms with Gasteiger partial charge >= 0.3 is 6.09 Å². The molecule has 0 saturated carbocycles. The second kappa shape index (κ2) is 8.72.